The Morgan fingerprint density at radius 3 is 2.92 bits per heavy atom. The van der Waals surface area contributed by atoms with Gasteiger partial charge >= 0.3 is 0 Å². The Hall–Kier alpha value is -1.26. The molecule has 1 aliphatic rings. The van der Waals surface area contributed by atoms with E-state index in [1.807, 2.05) is 29.8 Å². The first-order valence-corrected chi connectivity index (χ1v) is 9.51. The summed E-state index contributed by atoms with van der Waals surface area (Å²) >= 11 is 7.67. The third kappa shape index (κ3) is 4.22. The number of aryl methyl sites for hydroxylation is 1. The zero-order valence-corrected chi connectivity index (χ0v) is 16.6. The smallest absolute Gasteiger partial charge is 0.181 e. The van der Waals surface area contributed by atoms with E-state index < -0.39 is 0 Å². The summed E-state index contributed by atoms with van der Waals surface area (Å²) in [6, 6.07) is 0. The first kappa shape index (κ1) is 17.6. The number of piperidine rings is 1. The molecular weight excluding hydrogens is 435 g/mol. The van der Waals surface area contributed by atoms with E-state index in [9.17, 15) is 0 Å². The number of nitrogens with one attached hydrogen (secondary N) is 1. The normalized spacial score (nSPS) is 16.5. The predicted molar refractivity (Wildman–Crippen MR) is 109 cm³/mol. The molecule has 0 aromatic carbocycles. The van der Waals surface area contributed by atoms with Crippen molar-refractivity contribution in [1.29, 1.82) is 0 Å². The van der Waals surface area contributed by atoms with Gasteiger partial charge in [-0.3, -0.25) is 9.30 Å². The molecule has 0 aliphatic carbocycles. The fourth-order valence-corrected chi connectivity index (χ4v) is 3.66. The van der Waals surface area contributed by atoms with Crippen molar-refractivity contribution < 1.29 is 0 Å². The standard InChI is InChI=1S/C16H21IN6S/c1-11-9-23-13(17)8-19-16(23)15(20-11)21-14(24)7-12(18)10-22-5-3-2-4-6-22/h7-9H,2-6,10,18H2,1H3,(H,20,21,24)/b12-7-. The van der Waals surface area contributed by atoms with Gasteiger partial charge in [0.15, 0.2) is 11.5 Å². The maximum Gasteiger partial charge on any atom is 0.181 e. The van der Waals surface area contributed by atoms with Gasteiger partial charge in [-0.25, -0.2) is 9.97 Å². The number of anilines is 1. The van der Waals surface area contributed by atoms with Gasteiger partial charge in [0.1, 0.15) is 8.69 Å². The zero-order chi connectivity index (χ0) is 17.1. The molecule has 2 aromatic heterocycles. The van der Waals surface area contributed by atoms with Crippen LogP contribution in [-0.4, -0.2) is 43.9 Å². The van der Waals surface area contributed by atoms with Gasteiger partial charge in [0.25, 0.3) is 0 Å². The highest BCUT2D eigenvalue weighted by Crippen LogP contribution is 2.17. The van der Waals surface area contributed by atoms with Crippen LogP contribution < -0.4 is 11.1 Å². The third-order valence-electron chi connectivity index (χ3n) is 3.98. The van der Waals surface area contributed by atoms with Crippen molar-refractivity contribution in [3.05, 3.63) is 33.6 Å². The predicted octanol–water partition coefficient (Wildman–Crippen LogP) is 2.71. The van der Waals surface area contributed by atoms with E-state index in [2.05, 4.69) is 42.8 Å². The van der Waals surface area contributed by atoms with Crippen LogP contribution in [0, 0.1) is 10.6 Å². The molecule has 24 heavy (non-hydrogen) atoms. The van der Waals surface area contributed by atoms with E-state index in [0.29, 0.717) is 10.8 Å². The second-order valence-corrected chi connectivity index (χ2v) is 7.60. The van der Waals surface area contributed by atoms with Crippen LogP contribution in [0.3, 0.4) is 0 Å². The first-order chi connectivity index (χ1) is 11.5. The lowest BCUT2D eigenvalue weighted by molar-refractivity contribution is 0.246. The Labute approximate surface area is 160 Å². The second kappa shape index (κ2) is 7.75. The van der Waals surface area contributed by atoms with Gasteiger partial charge in [0.05, 0.1) is 11.9 Å². The molecule has 2 aromatic rings. The van der Waals surface area contributed by atoms with Crippen LogP contribution in [0.15, 0.2) is 24.2 Å². The number of hydrogen-bond donors (Lipinski definition) is 2. The van der Waals surface area contributed by atoms with Crippen LogP contribution in [-0.2, 0) is 0 Å². The average molecular weight is 456 g/mol. The summed E-state index contributed by atoms with van der Waals surface area (Å²) in [6.45, 7) is 4.94. The Morgan fingerprint density at radius 2 is 2.17 bits per heavy atom. The molecule has 128 valence electrons. The van der Waals surface area contributed by atoms with E-state index in [1.165, 1.54) is 19.3 Å². The van der Waals surface area contributed by atoms with Crippen molar-refractivity contribution in [3.8, 4) is 0 Å². The molecule has 1 fully saturated rings. The number of halogens is 1. The summed E-state index contributed by atoms with van der Waals surface area (Å²) in [5.74, 6) is 0.657. The lowest BCUT2D eigenvalue weighted by Crippen LogP contribution is -2.33. The van der Waals surface area contributed by atoms with Crippen molar-refractivity contribution in [1.82, 2.24) is 19.3 Å². The molecule has 0 atom stereocenters. The van der Waals surface area contributed by atoms with Gasteiger partial charge in [-0.1, -0.05) is 18.6 Å². The largest absolute Gasteiger partial charge is 0.401 e. The van der Waals surface area contributed by atoms with Crippen LogP contribution in [0.1, 0.15) is 25.0 Å². The Morgan fingerprint density at radius 1 is 1.42 bits per heavy atom. The van der Waals surface area contributed by atoms with Crippen molar-refractivity contribution in [2.75, 3.05) is 25.0 Å². The number of thiocarbonyl (C=S) groups is 1. The Balaban J connectivity index is 1.71. The summed E-state index contributed by atoms with van der Waals surface area (Å²) in [7, 11) is 0. The second-order valence-electron chi connectivity index (χ2n) is 6.05. The SMILES string of the molecule is Cc1cn2c(I)cnc2c(NC(=S)/C=C(\N)CN2CCCCC2)n1. The quantitative estimate of drug-likeness (QED) is 0.419. The van der Waals surface area contributed by atoms with Crippen molar-refractivity contribution in [2.24, 2.45) is 5.73 Å². The number of rotatable bonds is 4. The summed E-state index contributed by atoms with van der Waals surface area (Å²) in [5, 5.41) is 3.17. The molecule has 3 rings (SSSR count). The van der Waals surface area contributed by atoms with Gasteiger partial charge in [-0.2, -0.15) is 0 Å². The maximum atomic E-state index is 6.16. The summed E-state index contributed by atoms with van der Waals surface area (Å²) < 4.78 is 3.02. The molecule has 3 heterocycles. The number of aromatic nitrogens is 3. The number of likely N-dealkylation sites (tertiary alicyclic amines) is 1. The molecule has 0 saturated carbocycles. The summed E-state index contributed by atoms with van der Waals surface area (Å²) in [4.78, 5) is 11.8. The molecule has 0 spiro atoms. The van der Waals surface area contributed by atoms with Crippen LogP contribution in [0.25, 0.3) is 5.65 Å². The molecule has 1 saturated heterocycles. The maximum absolute atomic E-state index is 6.16. The van der Waals surface area contributed by atoms with Crippen molar-refractivity contribution >= 4 is 51.3 Å². The monoisotopic (exact) mass is 456 g/mol. The molecule has 0 bridgehead atoms. The van der Waals surface area contributed by atoms with E-state index >= 15 is 0 Å². The molecule has 3 N–H and O–H groups in total. The molecule has 0 unspecified atom stereocenters. The highest BCUT2D eigenvalue weighted by atomic mass is 127. The van der Waals surface area contributed by atoms with Gasteiger partial charge in [-0.05, 0) is 61.5 Å². The zero-order valence-electron chi connectivity index (χ0n) is 13.6. The van der Waals surface area contributed by atoms with Crippen LogP contribution >= 0.6 is 34.8 Å². The lowest BCUT2D eigenvalue weighted by atomic mass is 10.1. The van der Waals surface area contributed by atoms with Crippen LogP contribution in [0.5, 0.6) is 0 Å². The summed E-state index contributed by atoms with van der Waals surface area (Å²) in [6.07, 6.45) is 9.40. The van der Waals surface area contributed by atoms with E-state index in [1.54, 1.807) is 0 Å². The minimum absolute atomic E-state index is 0.558. The van der Waals surface area contributed by atoms with Gasteiger partial charge in [0, 0.05) is 18.4 Å². The van der Waals surface area contributed by atoms with E-state index in [-0.39, 0.29) is 0 Å². The van der Waals surface area contributed by atoms with Crippen molar-refractivity contribution in [2.45, 2.75) is 26.2 Å². The van der Waals surface area contributed by atoms with E-state index in [4.69, 9.17) is 18.0 Å². The summed E-state index contributed by atoms with van der Waals surface area (Å²) in [5.41, 5.74) is 8.59. The Bertz CT molecular complexity index is 778. The highest BCUT2D eigenvalue weighted by Gasteiger charge is 2.12. The molecule has 0 amide bonds. The lowest BCUT2D eigenvalue weighted by Gasteiger charge is -2.26. The molecule has 8 heteroatoms. The molecular formula is C16H21IN6S. The van der Waals surface area contributed by atoms with Crippen LogP contribution in [0.4, 0.5) is 5.82 Å². The number of hydrogen-bond acceptors (Lipinski definition) is 5. The van der Waals surface area contributed by atoms with Gasteiger partial charge < -0.3 is 11.1 Å². The Kier molecular flexibility index (Phi) is 5.67. The molecule has 6 nitrogen and oxygen atoms in total. The fourth-order valence-electron chi connectivity index (χ4n) is 2.91. The van der Waals surface area contributed by atoms with Crippen molar-refractivity contribution in [3.63, 3.8) is 0 Å². The fraction of sp³-hybridized carbons (Fsp3) is 0.438. The minimum atomic E-state index is 0.558. The van der Waals surface area contributed by atoms with Gasteiger partial charge in [0.2, 0.25) is 0 Å². The van der Waals surface area contributed by atoms with E-state index in [0.717, 1.165) is 40.4 Å². The third-order valence-corrected chi connectivity index (χ3v) is 5.00. The number of nitrogens with zero attached hydrogens (tertiary/aromatic N) is 4. The number of nitrogens with two attached hydrogens (primary N) is 1. The van der Waals surface area contributed by atoms with Gasteiger partial charge in [-0.15, -0.1) is 0 Å². The molecule has 0 radical (unpaired) electrons. The van der Waals surface area contributed by atoms with Crippen LogP contribution in [0.2, 0.25) is 0 Å². The minimum Gasteiger partial charge on any atom is -0.401 e. The topological polar surface area (TPSA) is 71.5 Å². The average Bonchev–Trinajstić information content (AvgIpc) is 2.89. The first-order valence-electron chi connectivity index (χ1n) is 8.02. The number of fused-ring (bicyclic) bond motifs is 1. The molecule has 1 aliphatic heterocycles. The number of imidazole rings is 1. The highest BCUT2D eigenvalue weighted by molar-refractivity contribution is 14.1.